The third-order valence-electron chi connectivity index (χ3n) is 5.05. The number of hydrogen-bond acceptors (Lipinski definition) is 3. The number of aromatic amines is 1. The van der Waals surface area contributed by atoms with Gasteiger partial charge in [0.15, 0.2) is 0 Å². The first-order valence-electron chi connectivity index (χ1n) is 7.14. The first-order chi connectivity index (χ1) is 8.81. The van der Waals surface area contributed by atoms with Crippen LogP contribution >= 0.6 is 0 Å². The van der Waals surface area contributed by atoms with E-state index in [-0.39, 0.29) is 5.56 Å². The normalized spacial score (nSPS) is 33.7. The molecule has 2 saturated carbocycles. The highest BCUT2D eigenvalue weighted by molar-refractivity contribution is 5.22. The quantitative estimate of drug-likeness (QED) is 0.784. The second kappa shape index (κ2) is 3.92. The van der Waals surface area contributed by atoms with Crippen molar-refractivity contribution in [3.05, 3.63) is 27.4 Å². The van der Waals surface area contributed by atoms with Gasteiger partial charge in [0, 0.05) is 18.0 Å². The Kier molecular flexibility index (Phi) is 2.34. The lowest BCUT2D eigenvalue weighted by Gasteiger charge is -2.23. The summed E-state index contributed by atoms with van der Waals surface area (Å²) in [6.07, 6.45) is 6.12. The van der Waals surface area contributed by atoms with Crippen LogP contribution in [0.25, 0.3) is 0 Å². The first kappa shape index (κ1) is 10.7. The van der Waals surface area contributed by atoms with Crippen LogP contribution < -0.4 is 10.9 Å². The van der Waals surface area contributed by atoms with Crippen LogP contribution in [0.2, 0.25) is 0 Å². The SMILES string of the molecule is O=c1[nH]c(C2CC3CCC2C3)nc2c1CCNC2. The van der Waals surface area contributed by atoms with Crippen molar-refractivity contribution in [2.24, 2.45) is 11.8 Å². The number of fused-ring (bicyclic) bond motifs is 3. The molecule has 4 rings (SSSR count). The smallest absolute Gasteiger partial charge is 0.254 e. The van der Waals surface area contributed by atoms with Gasteiger partial charge in [0.05, 0.1) is 5.69 Å². The van der Waals surface area contributed by atoms with Crippen molar-refractivity contribution in [3.63, 3.8) is 0 Å². The Labute approximate surface area is 106 Å². The van der Waals surface area contributed by atoms with Gasteiger partial charge < -0.3 is 10.3 Å². The molecular weight excluding hydrogens is 226 g/mol. The molecule has 4 nitrogen and oxygen atoms in total. The van der Waals surface area contributed by atoms with Crippen LogP contribution in [0.15, 0.2) is 4.79 Å². The number of aromatic nitrogens is 2. The van der Waals surface area contributed by atoms with Gasteiger partial charge in [-0.1, -0.05) is 6.42 Å². The lowest BCUT2D eigenvalue weighted by Crippen LogP contribution is -2.32. The van der Waals surface area contributed by atoms with Gasteiger partial charge in [-0.3, -0.25) is 4.79 Å². The highest BCUT2D eigenvalue weighted by Gasteiger charge is 2.41. The predicted octanol–water partition coefficient (Wildman–Crippen LogP) is 1.32. The fourth-order valence-electron chi connectivity index (χ4n) is 4.14. The van der Waals surface area contributed by atoms with Crippen LogP contribution in [-0.4, -0.2) is 16.5 Å². The van der Waals surface area contributed by atoms with Crippen LogP contribution in [-0.2, 0) is 13.0 Å². The summed E-state index contributed by atoms with van der Waals surface area (Å²) in [4.78, 5) is 19.9. The van der Waals surface area contributed by atoms with Crippen molar-refractivity contribution in [1.82, 2.24) is 15.3 Å². The summed E-state index contributed by atoms with van der Waals surface area (Å²) in [5.41, 5.74) is 2.00. The van der Waals surface area contributed by atoms with E-state index in [1.54, 1.807) is 0 Å². The molecule has 0 aromatic carbocycles. The van der Waals surface area contributed by atoms with Gasteiger partial charge in [0.1, 0.15) is 5.82 Å². The average Bonchev–Trinajstić information content (AvgIpc) is 3.01. The molecule has 96 valence electrons. The molecular formula is C14H19N3O. The van der Waals surface area contributed by atoms with Crippen molar-refractivity contribution in [2.75, 3.05) is 6.54 Å². The first-order valence-corrected chi connectivity index (χ1v) is 7.14. The van der Waals surface area contributed by atoms with Crippen molar-refractivity contribution in [1.29, 1.82) is 0 Å². The maximum absolute atomic E-state index is 12.1. The number of hydrogen-bond donors (Lipinski definition) is 2. The molecule has 1 aliphatic heterocycles. The summed E-state index contributed by atoms with van der Waals surface area (Å²) >= 11 is 0. The fraction of sp³-hybridized carbons (Fsp3) is 0.714. The van der Waals surface area contributed by atoms with E-state index in [1.165, 1.54) is 25.7 Å². The van der Waals surface area contributed by atoms with Crippen LogP contribution in [0, 0.1) is 11.8 Å². The van der Waals surface area contributed by atoms with Crippen molar-refractivity contribution in [2.45, 2.75) is 44.6 Å². The van der Waals surface area contributed by atoms with Gasteiger partial charge in [-0.2, -0.15) is 0 Å². The number of H-pyrrole nitrogens is 1. The minimum atomic E-state index is 0.110. The molecule has 3 atom stereocenters. The van der Waals surface area contributed by atoms with Gasteiger partial charge in [0.25, 0.3) is 5.56 Å². The summed E-state index contributed by atoms with van der Waals surface area (Å²) in [6.45, 7) is 1.65. The minimum Gasteiger partial charge on any atom is -0.311 e. The maximum Gasteiger partial charge on any atom is 0.254 e. The van der Waals surface area contributed by atoms with E-state index in [1.807, 2.05) is 0 Å². The molecule has 3 aliphatic rings. The molecule has 2 bridgehead atoms. The molecule has 2 aliphatic carbocycles. The monoisotopic (exact) mass is 245 g/mol. The minimum absolute atomic E-state index is 0.110. The number of nitrogens with one attached hydrogen (secondary N) is 2. The molecule has 1 aromatic rings. The van der Waals surface area contributed by atoms with Crippen molar-refractivity contribution in [3.8, 4) is 0 Å². The van der Waals surface area contributed by atoms with Crippen LogP contribution in [0.1, 0.15) is 48.7 Å². The zero-order chi connectivity index (χ0) is 12.1. The van der Waals surface area contributed by atoms with E-state index in [4.69, 9.17) is 4.98 Å². The van der Waals surface area contributed by atoms with Crippen molar-refractivity contribution >= 4 is 0 Å². The van der Waals surface area contributed by atoms with E-state index >= 15 is 0 Å². The van der Waals surface area contributed by atoms with Gasteiger partial charge in [-0.05, 0) is 44.1 Å². The Balaban J connectivity index is 1.73. The van der Waals surface area contributed by atoms with E-state index < -0.39 is 0 Å². The molecule has 0 saturated heterocycles. The molecule has 2 fully saturated rings. The van der Waals surface area contributed by atoms with Gasteiger partial charge in [0.2, 0.25) is 0 Å². The Morgan fingerprint density at radius 1 is 1.22 bits per heavy atom. The molecule has 2 N–H and O–H groups in total. The van der Waals surface area contributed by atoms with Gasteiger partial charge >= 0.3 is 0 Å². The highest BCUT2D eigenvalue weighted by Crippen LogP contribution is 2.51. The summed E-state index contributed by atoms with van der Waals surface area (Å²) in [5, 5.41) is 3.30. The largest absolute Gasteiger partial charge is 0.311 e. The Hall–Kier alpha value is -1.16. The van der Waals surface area contributed by atoms with E-state index in [0.717, 1.165) is 48.4 Å². The topological polar surface area (TPSA) is 57.8 Å². The third kappa shape index (κ3) is 1.55. The molecule has 1 aromatic heterocycles. The summed E-state index contributed by atoms with van der Waals surface area (Å²) in [7, 11) is 0. The predicted molar refractivity (Wildman–Crippen MR) is 68.5 cm³/mol. The van der Waals surface area contributed by atoms with Crippen LogP contribution in [0.4, 0.5) is 0 Å². The molecule has 0 amide bonds. The second-order valence-corrected chi connectivity index (χ2v) is 6.08. The number of nitrogens with zero attached hydrogens (tertiary/aromatic N) is 1. The molecule has 18 heavy (non-hydrogen) atoms. The lowest BCUT2D eigenvalue weighted by molar-refractivity contribution is 0.402. The Morgan fingerprint density at radius 2 is 2.17 bits per heavy atom. The highest BCUT2D eigenvalue weighted by atomic mass is 16.1. The van der Waals surface area contributed by atoms with E-state index in [0.29, 0.717) is 5.92 Å². The van der Waals surface area contributed by atoms with Gasteiger partial charge in [-0.15, -0.1) is 0 Å². The molecule has 3 unspecified atom stereocenters. The third-order valence-corrected chi connectivity index (χ3v) is 5.05. The van der Waals surface area contributed by atoms with Crippen molar-refractivity contribution < 1.29 is 0 Å². The summed E-state index contributed by atoms with van der Waals surface area (Å²) in [6, 6.07) is 0. The second-order valence-electron chi connectivity index (χ2n) is 6.08. The fourth-order valence-corrected chi connectivity index (χ4v) is 4.14. The average molecular weight is 245 g/mol. The van der Waals surface area contributed by atoms with Crippen LogP contribution in [0.5, 0.6) is 0 Å². The Morgan fingerprint density at radius 3 is 2.94 bits per heavy atom. The standard InChI is InChI=1S/C14H19N3O/c18-14-10-3-4-15-7-12(10)16-13(17-14)11-6-8-1-2-9(11)5-8/h8-9,11,15H,1-7H2,(H,16,17,18). The molecule has 0 spiro atoms. The summed E-state index contributed by atoms with van der Waals surface area (Å²) < 4.78 is 0. The number of rotatable bonds is 1. The van der Waals surface area contributed by atoms with Gasteiger partial charge in [-0.25, -0.2) is 4.98 Å². The van der Waals surface area contributed by atoms with E-state index in [9.17, 15) is 4.79 Å². The zero-order valence-corrected chi connectivity index (χ0v) is 10.5. The maximum atomic E-state index is 12.1. The Bertz CT molecular complexity index is 536. The lowest BCUT2D eigenvalue weighted by atomic mass is 9.88. The van der Waals surface area contributed by atoms with Crippen LogP contribution in [0.3, 0.4) is 0 Å². The molecule has 4 heteroatoms. The van der Waals surface area contributed by atoms with E-state index in [2.05, 4.69) is 10.3 Å². The summed E-state index contributed by atoms with van der Waals surface area (Å²) in [5.74, 6) is 3.14. The molecule has 0 radical (unpaired) electrons. The molecule has 2 heterocycles. The zero-order valence-electron chi connectivity index (χ0n) is 10.5.